The molecule has 0 aliphatic carbocycles. The summed E-state index contributed by atoms with van der Waals surface area (Å²) >= 11 is 0. The minimum Gasteiger partial charge on any atom is -0.307 e. The van der Waals surface area contributed by atoms with Crippen LogP contribution in [0.3, 0.4) is 0 Å². The second kappa shape index (κ2) is 9.75. The topological polar surface area (TPSA) is 48.5 Å². The number of rotatable bonds is 4. The van der Waals surface area contributed by atoms with Gasteiger partial charge >= 0.3 is 0 Å². The van der Waals surface area contributed by atoms with Crippen LogP contribution in [0, 0.1) is 0 Å². The molecule has 0 aliphatic heterocycles. The van der Waals surface area contributed by atoms with Gasteiger partial charge in [0.25, 0.3) is 0 Å². The Morgan fingerprint density at radius 3 is 2.00 bits per heavy atom. The van der Waals surface area contributed by atoms with E-state index in [4.69, 9.17) is 22.8 Å². The lowest BCUT2D eigenvalue weighted by atomic mass is 10.1. The van der Waals surface area contributed by atoms with Crippen molar-refractivity contribution in [1.29, 1.82) is 0 Å². The van der Waals surface area contributed by atoms with Gasteiger partial charge in [0.15, 0.2) is 0 Å². The third-order valence-corrected chi connectivity index (χ3v) is 7.46. The second-order valence-corrected chi connectivity index (χ2v) is 9.87. The molecule has 5 nitrogen and oxygen atoms in total. The van der Waals surface area contributed by atoms with Gasteiger partial charge in [0, 0.05) is 33.5 Å². The Balaban J connectivity index is 1.50. The molecule has 0 unspecified atom stereocenters. The first-order valence-corrected chi connectivity index (χ1v) is 13.6. The Morgan fingerprint density at radius 2 is 1.18 bits per heavy atom. The summed E-state index contributed by atoms with van der Waals surface area (Å²) in [4.78, 5) is 14.1. The zero-order chi connectivity index (χ0) is 41.2. The summed E-state index contributed by atoms with van der Waals surface area (Å²) in [5.74, 6) is -0.457. The SMILES string of the molecule is [2H]c1c(-c2ccccc2-n2c3ccccc3c3ncccc32)nc(-n2c3c([2H])c([2H])c([2H])c([2H])c3c3c([2H])c([2H])c([2H])c([2H])c32)nc1-c1c([2H])c([2H])c([2H])c([2H])c1[2H]. The first kappa shape index (κ1) is 14.4. The molecule has 0 atom stereocenters. The molecule has 5 aromatic carbocycles. The molecule has 206 valence electrons. The van der Waals surface area contributed by atoms with Gasteiger partial charge in [0.1, 0.15) is 0 Å². The van der Waals surface area contributed by atoms with Gasteiger partial charge in [-0.05, 0) is 42.4 Å². The molecule has 44 heavy (non-hydrogen) atoms. The molecule has 0 fully saturated rings. The normalized spacial score (nSPS) is 16.1. The zero-order valence-electron chi connectivity index (χ0n) is 36.6. The van der Waals surface area contributed by atoms with E-state index in [0.29, 0.717) is 22.3 Å². The predicted molar refractivity (Wildman–Crippen MR) is 179 cm³/mol. The van der Waals surface area contributed by atoms with Crippen molar-refractivity contribution < 1.29 is 19.2 Å². The summed E-state index contributed by atoms with van der Waals surface area (Å²) in [6, 6.07) is 9.20. The van der Waals surface area contributed by atoms with Gasteiger partial charge in [-0.3, -0.25) is 9.55 Å². The number of aromatic nitrogens is 5. The molecular formula is C39H25N5. The van der Waals surface area contributed by atoms with Crippen molar-refractivity contribution in [2.75, 3.05) is 0 Å². The molecule has 0 saturated carbocycles. The zero-order valence-corrected chi connectivity index (χ0v) is 22.6. The summed E-state index contributed by atoms with van der Waals surface area (Å²) in [6.07, 6.45) is 1.67. The molecule has 4 aromatic heterocycles. The number of fused-ring (bicyclic) bond motifs is 6. The van der Waals surface area contributed by atoms with Crippen molar-refractivity contribution in [3.8, 4) is 34.2 Å². The van der Waals surface area contributed by atoms with Crippen molar-refractivity contribution in [2.45, 2.75) is 0 Å². The predicted octanol–water partition coefficient (Wildman–Crippen LogP) is 9.40. The van der Waals surface area contributed by atoms with Crippen LogP contribution >= 0.6 is 0 Å². The maximum Gasteiger partial charge on any atom is 0.235 e. The molecule has 4 heterocycles. The highest BCUT2D eigenvalue weighted by Gasteiger charge is 2.20. The number of hydrogen-bond donors (Lipinski definition) is 0. The Kier molecular flexibility index (Phi) is 3.19. The highest BCUT2D eigenvalue weighted by Crippen LogP contribution is 2.37. The smallest absolute Gasteiger partial charge is 0.235 e. The molecule has 9 aromatic rings. The lowest BCUT2D eigenvalue weighted by Gasteiger charge is -2.16. The molecular weight excluding hydrogens is 538 g/mol. The molecule has 0 amide bonds. The standard InChI is InChI=1S/C39H25N5/c1-2-13-26(14-3-1)31-25-32(42-39(41-31)44-33-19-8-4-15-27(33)28-16-5-9-20-34(28)44)29-17-6-10-21-35(29)43-36-22-11-7-18-30(36)38-37(43)23-12-24-40-38/h1-25H/i1D,2D,3D,4D,5D,8D,9D,13D,14D,15D,16D,19D,20D,25D. The summed E-state index contributed by atoms with van der Waals surface area (Å²) in [5.41, 5.74) is 1.33. The average Bonchev–Trinajstić information content (AvgIpc) is 3.77. The number of hydrogen-bond acceptors (Lipinski definition) is 3. The van der Waals surface area contributed by atoms with Gasteiger partial charge in [-0.15, -0.1) is 0 Å². The van der Waals surface area contributed by atoms with Crippen molar-refractivity contribution in [2.24, 2.45) is 0 Å². The summed E-state index contributed by atoms with van der Waals surface area (Å²) in [5, 5.41) is 0.349. The highest BCUT2D eigenvalue weighted by atomic mass is 15.2. The lowest BCUT2D eigenvalue weighted by molar-refractivity contribution is 0.994. The quantitative estimate of drug-likeness (QED) is 0.209. The number of benzene rings is 5. The molecule has 9 rings (SSSR count). The van der Waals surface area contributed by atoms with E-state index >= 15 is 0 Å². The van der Waals surface area contributed by atoms with Gasteiger partial charge in [-0.2, -0.15) is 0 Å². The van der Waals surface area contributed by atoms with Crippen LogP contribution in [0.5, 0.6) is 0 Å². The van der Waals surface area contributed by atoms with E-state index in [-0.39, 0.29) is 27.5 Å². The van der Waals surface area contributed by atoms with E-state index in [0.717, 1.165) is 15.5 Å². The lowest BCUT2D eigenvalue weighted by Crippen LogP contribution is -2.05. The van der Waals surface area contributed by atoms with Crippen LogP contribution in [0.1, 0.15) is 19.2 Å². The summed E-state index contributed by atoms with van der Waals surface area (Å²) in [6.45, 7) is 0. The molecule has 0 saturated heterocycles. The number of para-hydroxylation sites is 4. The van der Waals surface area contributed by atoms with E-state index in [9.17, 15) is 1.37 Å². The van der Waals surface area contributed by atoms with E-state index in [1.165, 1.54) is 0 Å². The minimum atomic E-state index is -0.699. The average molecular weight is 578 g/mol. The third kappa shape index (κ3) is 3.69. The molecule has 0 N–H and O–H groups in total. The van der Waals surface area contributed by atoms with E-state index < -0.39 is 102 Å². The highest BCUT2D eigenvalue weighted by molar-refractivity contribution is 6.09. The number of pyridine rings is 1. The monoisotopic (exact) mass is 577 g/mol. The van der Waals surface area contributed by atoms with Crippen LogP contribution in [-0.2, 0) is 0 Å². The van der Waals surface area contributed by atoms with Gasteiger partial charge in [0.2, 0.25) is 5.95 Å². The third-order valence-electron chi connectivity index (χ3n) is 7.46. The first-order valence-electron chi connectivity index (χ1n) is 20.6. The van der Waals surface area contributed by atoms with Crippen molar-refractivity contribution in [3.63, 3.8) is 0 Å². The van der Waals surface area contributed by atoms with Gasteiger partial charge < -0.3 is 4.57 Å². The van der Waals surface area contributed by atoms with Crippen LogP contribution in [0.4, 0.5) is 0 Å². The van der Waals surface area contributed by atoms with E-state index in [2.05, 4.69) is 9.97 Å². The van der Waals surface area contributed by atoms with Gasteiger partial charge in [0.05, 0.1) is 63.8 Å². The van der Waals surface area contributed by atoms with Crippen LogP contribution in [0.25, 0.3) is 77.9 Å². The Hall–Kier alpha value is -6.07. The van der Waals surface area contributed by atoms with Crippen LogP contribution in [0.15, 0.2) is 151 Å². The maximum atomic E-state index is 9.65. The largest absolute Gasteiger partial charge is 0.307 e. The Morgan fingerprint density at radius 1 is 0.523 bits per heavy atom. The molecule has 0 aliphatic rings. The summed E-state index contributed by atoms with van der Waals surface area (Å²) in [7, 11) is 0. The van der Waals surface area contributed by atoms with Crippen molar-refractivity contribution in [1.82, 2.24) is 24.1 Å². The molecule has 0 radical (unpaired) electrons. The van der Waals surface area contributed by atoms with Gasteiger partial charge in [-0.1, -0.05) is 103 Å². The minimum absolute atomic E-state index is 0.131. The van der Waals surface area contributed by atoms with Crippen molar-refractivity contribution in [3.05, 3.63) is 151 Å². The fourth-order valence-electron chi connectivity index (χ4n) is 5.64. The van der Waals surface area contributed by atoms with Crippen molar-refractivity contribution >= 4 is 43.7 Å². The molecule has 0 bridgehead atoms. The van der Waals surface area contributed by atoms with Crippen LogP contribution in [0.2, 0.25) is 0 Å². The van der Waals surface area contributed by atoms with Crippen LogP contribution in [-0.4, -0.2) is 24.1 Å². The maximum absolute atomic E-state index is 9.65. The van der Waals surface area contributed by atoms with E-state index in [1.54, 1.807) is 36.5 Å². The fourth-order valence-corrected chi connectivity index (χ4v) is 5.64. The Bertz CT molecular complexity index is 3140. The first-order chi connectivity index (χ1) is 27.7. The summed E-state index contributed by atoms with van der Waals surface area (Å²) < 4.78 is 125. The van der Waals surface area contributed by atoms with Gasteiger partial charge in [-0.25, -0.2) is 9.97 Å². The van der Waals surface area contributed by atoms with E-state index in [1.807, 2.05) is 34.9 Å². The second-order valence-electron chi connectivity index (χ2n) is 9.87. The molecule has 5 heteroatoms. The number of nitrogens with zero attached hydrogens (tertiary/aromatic N) is 5. The Labute approximate surface area is 273 Å². The fraction of sp³-hybridized carbons (Fsp3) is 0. The molecule has 0 spiro atoms. The van der Waals surface area contributed by atoms with Crippen LogP contribution < -0.4 is 0 Å².